The van der Waals surface area contributed by atoms with Crippen LogP contribution in [0.15, 0.2) is 27.6 Å². The first-order chi connectivity index (χ1) is 9.09. The summed E-state index contributed by atoms with van der Waals surface area (Å²) < 4.78 is 40.7. The molecule has 1 atom stereocenters. The van der Waals surface area contributed by atoms with Gasteiger partial charge in [0.1, 0.15) is 5.82 Å². The van der Waals surface area contributed by atoms with Gasteiger partial charge >= 0.3 is 0 Å². The molecule has 0 aliphatic carbocycles. The summed E-state index contributed by atoms with van der Waals surface area (Å²) in [5.41, 5.74) is 4.97. The number of nitrogens with two attached hydrogens (primary N) is 1. The van der Waals surface area contributed by atoms with Crippen molar-refractivity contribution < 1.29 is 12.8 Å². The van der Waals surface area contributed by atoms with Gasteiger partial charge in [-0.05, 0) is 53.4 Å². The molecule has 1 aromatic carbocycles. The van der Waals surface area contributed by atoms with Gasteiger partial charge in [0.15, 0.2) is 0 Å². The highest BCUT2D eigenvalue weighted by molar-refractivity contribution is 9.10. The first-order valence-electron chi connectivity index (χ1n) is 6.29. The largest absolute Gasteiger partial charge is 0.329 e. The molecule has 0 radical (unpaired) electrons. The monoisotopic (exact) mass is 402 g/mol. The molecule has 0 aromatic heterocycles. The van der Waals surface area contributed by atoms with E-state index in [0.29, 0.717) is 12.3 Å². The second kappa shape index (κ2) is 7.87. The third-order valence-electron chi connectivity index (χ3n) is 2.87. The number of hydrogen-bond acceptors (Lipinski definition) is 3. The van der Waals surface area contributed by atoms with Gasteiger partial charge in [0, 0.05) is 16.6 Å². The summed E-state index contributed by atoms with van der Waals surface area (Å²) in [4.78, 5) is 0.00216. The maximum atomic E-state index is 13.0. The van der Waals surface area contributed by atoms with Crippen LogP contribution >= 0.6 is 28.3 Å². The Balaban J connectivity index is 0.00000400. The Hall–Kier alpha value is -0.210. The first-order valence-corrected chi connectivity index (χ1v) is 8.56. The van der Waals surface area contributed by atoms with Gasteiger partial charge in [0.2, 0.25) is 10.0 Å². The Morgan fingerprint density at radius 1 is 1.43 bits per heavy atom. The van der Waals surface area contributed by atoms with Crippen molar-refractivity contribution in [3.8, 4) is 0 Å². The molecule has 0 saturated carbocycles. The van der Waals surface area contributed by atoms with Crippen molar-refractivity contribution in [2.75, 3.05) is 6.54 Å². The minimum Gasteiger partial charge on any atom is -0.329 e. The Kier molecular flexibility index (Phi) is 7.79. The smallest absolute Gasteiger partial charge is 0.242 e. The molecule has 4 nitrogen and oxygen atoms in total. The lowest BCUT2D eigenvalue weighted by Gasteiger charge is -2.30. The highest BCUT2D eigenvalue weighted by Crippen LogP contribution is 2.25. The van der Waals surface area contributed by atoms with E-state index < -0.39 is 21.4 Å². The van der Waals surface area contributed by atoms with Crippen LogP contribution in [0.2, 0.25) is 0 Å². The maximum Gasteiger partial charge on any atom is 0.242 e. The number of halogens is 3. The molecular weight excluding hydrogens is 383 g/mol. The molecule has 21 heavy (non-hydrogen) atoms. The van der Waals surface area contributed by atoms with Crippen molar-refractivity contribution in [3.05, 3.63) is 28.5 Å². The number of nitrogens with one attached hydrogen (secondary N) is 1. The Labute approximate surface area is 140 Å². The van der Waals surface area contributed by atoms with Crippen LogP contribution in [-0.2, 0) is 10.0 Å². The van der Waals surface area contributed by atoms with Crippen LogP contribution < -0.4 is 10.5 Å². The molecular formula is C13H21BrClFN2O2S. The van der Waals surface area contributed by atoms with E-state index in [2.05, 4.69) is 20.7 Å². The number of sulfonamides is 1. The molecule has 0 saturated heterocycles. The summed E-state index contributed by atoms with van der Waals surface area (Å²) in [6.45, 7) is 5.94. The zero-order chi connectivity index (χ0) is 15.6. The van der Waals surface area contributed by atoms with Gasteiger partial charge in [0.25, 0.3) is 0 Å². The zero-order valence-corrected chi connectivity index (χ0v) is 15.4. The quantitative estimate of drug-likeness (QED) is 0.767. The maximum absolute atomic E-state index is 13.0. The van der Waals surface area contributed by atoms with Crippen molar-refractivity contribution in [2.24, 2.45) is 11.7 Å². The number of rotatable bonds is 6. The van der Waals surface area contributed by atoms with E-state index in [1.54, 1.807) is 6.92 Å². The standard InChI is InChI=1S/C13H20BrFN2O2S.ClH/c1-9(2)7-13(3,8-16)17-20(18,19)12-5-4-10(15)6-11(12)14;/h4-6,9,17H,7-8,16H2,1-3H3;1H. The van der Waals surface area contributed by atoms with Gasteiger partial charge in [-0.3, -0.25) is 0 Å². The van der Waals surface area contributed by atoms with E-state index in [4.69, 9.17) is 5.73 Å². The van der Waals surface area contributed by atoms with Gasteiger partial charge in [-0.15, -0.1) is 12.4 Å². The molecule has 0 fully saturated rings. The predicted octanol–water partition coefficient (Wildman–Crippen LogP) is 3.05. The van der Waals surface area contributed by atoms with E-state index in [1.807, 2.05) is 13.8 Å². The molecule has 122 valence electrons. The molecule has 1 unspecified atom stereocenters. The molecule has 3 N–H and O–H groups in total. The summed E-state index contributed by atoms with van der Waals surface area (Å²) in [5.74, 6) is -0.206. The highest BCUT2D eigenvalue weighted by Gasteiger charge is 2.31. The molecule has 1 rings (SSSR count). The summed E-state index contributed by atoms with van der Waals surface area (Å²) >= 11 is 3.07. The second-order valence-corrected chi connectivity index (χ2v) is 8.05. The van der Waals surface area contributed by atoms with Gasteiger partial charge < -0.3 is 5.73 Å². The average Bonchev–Trinajstić information content (AvgIpc) is 2.26. The molecule has 0 heterocycles. The lowest BCUT2D eigenvalue weighted by atomic mass is 9.92. The molecule has 0 aliphatic heterocycles. The van der Waals surface area contributed by atoms with E-state index in [9.17, 15) is 12.8 Å². The highest BCUT2D eigenvalue weighted by atomic mass is 79.9. The minimum atomic E-state index is -3.77. The molecule has 1 aromatic rings. The topological polar surface area (TPSA) is 72.2 Å². The fraction of sp³-hybridized carbons (Fsp3) is 0.538. The predicted molar refractivity (Wildman–Crippen MR) is 88.6 cm³/mol. The molecule has 8 heteroatoms. The van der Waals surface area contributed by atoms with Crippen LogP contribution in [0.4, 0.5) is 4.39 Å². The normalized spacial score (nSPS) is 14.6. The summed E-state index contributed by atoms with van der Waals surface area (Å²) in [7, 11) is -3.77. The van der Waals surface area contributed by atoms with Gasteiger partial charge in [-0.2, -0.15) is 0 Å². The van der Waals surface area contributed by atoms with Crippen LogP contribution in [0.1, 0.15) is 27.2 Å². The van der Waals surface area contributed by atoms with Crippen LogP contribution in [0.25, 0.3) is 0 Å². The molecule has 0 aliphatic rings. The lowest BCUT2D eigenvalue weighted by Crippen LogP contribution is -2.52. The van der Waals surface area contributed by atoms with Crippen molar-refractivity contribution >= 4 is 38.4 Å². The van der Waals surface area contributed by atoms with Crippen LogP contribution in [0, 0.1) is 11.7 Å². The fourth-order valence-corrected chi connectivity index (χ4v) is 4.62. The summed E-state index contributed by atoms with van der Waals surface area (Å²) in [6.07, 6.45) is 0.613. The van der Waals surface area contributed by atoms with Crippen molar-refractivity contribution in [2.45, 2.75) is 37.6 Å². The van der Waals surface area contributed by atoms with Gasteiger partial charge in [0.05, 0.1) is 4.90 Å². The molecule has 0 bridgehead atoms. The SMILES string of the molecule is CC(C)CC(C)(CN)NS(=O)(=O)c1ccc(F)cc1Br.Cl. The minimum absolute atomic E-state index is 0. The Morgan fingerprint density at radius 2 is 2.00 bits per heavy atom. The fourth-order valence-electron chi connectivity index (χ4n) is 2.14. The van der Waals surface area contributed by atoms with Crippen molar-refractivity contribution in [1.82, 2.24) is 4.72 Å². The summed E-state index contributed by atoms with van der Waals surface area (Å²) in [5, 5.41) is 0. The van der Waals surface area contributed by atoms with Gasteiger partial charge in [-0.25, -0.2) is 17.5 Å². The Morgan fingerprint density at radius 3 is 2.43 bits per heavy atom. The van der Waals surface area contributed by atoms with Crippen LogP contribution in [0.5, 0.6) is 0 Å². The van der Waals surface area contributed by atoms with Crippen molar-refractivity contribution in [1.29, 1.82) is 0 Å². The molecule has 0 spiro atoms. The van der Waals surface area contributed by atoms with E-state index in [-0.39, 0.29) is 28.3 Å². The zero-order valence-electron chi connectivity index (χ0n) is 12.2. The van der Waals surface area contributed by atoms with Crippen LogP contribution in [-0.4, -0.2) is 20.5 Å². The summed E-state index contributed by atoms with van der Waals surface area (Å²) in [6, 6.07) is 3.46. The van der Waals surface area contributed by atoms with Crippen molar-refractivity contribution in [3.63, 3.8) is 0 Å². The third kappa shape index (κ3) is 5.83. The third-order valence-corrected chi connectivity index (χ3v) is 5.49. The molecule has 0 amide bonds. The van der Waals surface area contributed by atoms with E-state index >= 15 is 0 Å². The number of benzene rings is 1. The average molecular weight is 404 g/mol. The lowest BCUT2D eigenvalue weighted by molar-refractivity contribution is 0.344. The Bertz CT molecular complexity index is 584. The second-order valence-electron chi connectivity index (χ2n) is 5.54. The van der Waals surface area contributed by atoms with Gasteiger partial charge in [-0.1, -0.05) is 13.8 Å². The first kappa shape index (κ1) is 20.8. The van der Waals surface area contributed by atoms with E-state index in [0.717, 1.165) is 12.1 Å². The van der Waals surface area contributed by atoms with E-state index in [1.165, 1.54) is 6.07 Å². The number of hydrogen-bond donors (Lipinski definition) is 2. The van der Waals surface area contributed by atoms with Crippen LogP contribution in [0.3, 0.4) is 0 Å².